The fourth-order valence-electron chi connectivity index (χ4n) is 1.97. The molecule has 0 saturated carbocycles. The lowest BCUT2D eigenvalue weighted by atomic mass is 10.1. The van der Waals surface area contributed by atoms with Crippen molar-refractivity contribution in [2.24, 2.45) is 11.5 Å². The summed E-state index contributed by atoms with van der Waals surface area (Å²) in [5, 5.41) is 10.3. The third-order valence-corrected chi connectivity index (χ3v) is 3.17. The van der Waals surface area contributed by atoms with E-state index < -0.39 is 0 Å². The van der Waals surface area contributed by atoms with Gasteiger partial charge in [0.2, 0.25) is 0 Å². The zero-order valence-corrected chi connectivity index (χ0v) is 13.0. The molecule has 0 aliphatic carbocycles. The first-order chi connectivity index (χ1) is 9.06. The van der Waals surface area contributed by atoms with E-state index in [1.165, 1.54) is 12.8 Å². The number of hydrogen-bond acceptors (Lipinski definition) is 5. The summed E-state index contributed by atoms with van der Waals surface area (Å²) in [6.07, 6.45) is 4.46. The average Bonchev–Trinajstić information content (AvgIpc) is 2.32. The molecular weight excluding hydrogens is 238 g/mol. The summed E-state index contributed by atoms with van der Waals surface area (Å²) in [7, 11) is 2.00. The summed E-state index contributed by atoms with van der Waals surface area (Å²) in [5.74, 6) is 0. The fraction of sp³-hybridized carbons (Fsp3) is 1.00. The van der Waals surface area contributed by atoms with E-state index in [4.69, 9.17) is 11.5 Å². The Balaban J connectivity index is 3.53. The van der Waals surface area contributed by atoms with Crippen molar-refractivity contribution >= 4 is 0 Å². The van der Waals surface area contributed by atoms with E-state index in [1.54, 1.807) is 0 Å². The molecule has 0 spiro atoms. The van der Waals surface area contributed by atoms with Crippen LogP contribution in [-0.2, 0) is 0 Å². The van der Waals surface area contributed by atoms with E-state index in [0.29, 0.717) is 12.1 Å². The third-order valence-electron chi connectivity index (χ3n) is 3.17. The number of hydrogen-bond donors (Lipinski definition) is 5. The molecule has 0 radical (unpaired) electrons. The first-order valence-corrected chi connectivity index (χ1v) is 7.66. The van der Waals surface area contributed by atoms with Crippen LogP contribution in [0.25, 0.3) is 0 Å². The lowest BCUT2D eigenvalue weighted by Crippen LogP contribution is -2.39. The van der Waals surface area contributed by atoms with Gasteiger partial charge in [-0.15, -0.1) is 0 Å². The topological polar surface area (TPSA) is 88.1 Å². The van der Waals surface area contributed by atoms with E-state index in [2.05, 4.69) is 22.9 Å². The van der Waals surface area contributed by atoms with Crippen molar-refractivity contribution in [1.29, 1.82) is 0 Å². The molecule has 116 valence electrons. The quantitative estimate of drug-likeness (QED) is 0.305. The van der Waals surface area contributed by atoms with Gasteiger partial charge in [-0.3, -0.25) is 0 Å². The van der Waals surface area contributed by atoms with Crippen molar-refractivity contribution < 1.29 is 0 Å². The van der Waals surface area contributed by atoms with Gasteiger partial charge in [-0.2, -0.15) is 0 Å². The molecule has 0 amide bonds. The Morgan fingerprint density at radius 1 is 0.895 bits per heavy atom. The Bertz CT molecular complexity index is 185. The molecule has 0 fully saturated rings. The summed E-state index contributed by atoms with van der Waals surface area (Å²) in [4.78, 5) is 0. The molecule has 3 atom stereocenters. The zero-order valence-electron chi connectivity index (χ0n) is 13.0. The van der Waals surface area contributed by atoms with Crippen LogP contribution >= 0.6 is 0 Å². The Morgan fingerprint density at radius 3 is 2.11 bits per heavy atom. The summed E-state index contributed by atoms with van der Waals surface area (Å²) in [6.45, 7) is 8.21. The molecule has 0 heterocycles. The molecule has 5 heteroatoms. The molecule has 3 unspecified atom stereocenters. The van der Waals surface area contributed by atoms with Gasteiger partial charge in [0.25, 0.3) is 0 Å². The van der Waals surface area contributed by atoms with Crippen LogP contribution in [0, 0.1) is 0 Å². The lowest BCUT2D eigenvalue weighted by molar-refractivity contribution is 0.432. The maximum Gasteiger partial charge on any atom is 0.0192 e. The number of nitrogens with two attached hydrogens (primary N) is 2. The van der Waals surface area contributed by atoms with Gasteiger partial charge in [0.15, 0.2) is 0 Å². The van der Waals surface area contributed by atoms with E-state index in [0.717, 1.165) is 39.0 Å². The molecule has 0 aromatic rings. The second kappa shape index (κ2) is 12.8. The second-order valence-corrected chi connectivity index (χ2v) is 5.63. The molecule has 0 aliphatic heterocycles. The minimum absolute atomic E-state index is 0.280. The number of rotatable bonds is 13. The van der Waals surface area contributed by atoms with Crippen molar-refractivity contribution in [3.05, 3.63) is 0 Å². The van der Waals surface area contributed by atoms with Crippen LogP contribution < -0.4 is 27.4 Å². The molecule has 7 N–H and O–H groups in total. The maximum absolute atomic E-state index is 5.76. The Hall–Kier alpha value is -0.200. The number of nitrogens with one attached hydrogen (secondary N) is 3. The van der Waals surface area contributed by atoms with Crippen LogP contribution in [0.2, 0.25) is 0 Å². The highest BCUT2D eigenvalue weighted by Crippen LogP contribution is 1.97. The van der Waals surface area contributed by atoms with Gasteiger partial charge in [-0.05, 0) is 66.2 Å². The largest absolute Gasteiger partial charge is 0.328 e. The molecule has 0 bridgehead atoms. The SMILES string of the molecule is CNCC(CCCNCCC(C)N)NCCC(C)N. The van der Waals surface area contributed by atoms with Crippen molar-refractivity contribution in [1.82, 2.24) is 16.0 Å². The van der Waals surface area contributed by atoms with Gasteiger partial charge >= 0.3 is 0 Å². The van der Waals surface area contributed by atoms with Crippen LogP contribution in [0.1, 0.15) is 39.5 Å². The van der Waals surface area contributed by atoms with E-state index in [-0.39, 0.29) is 6.04 Å². The monoisotopic (exact) mass is 273 g/mol. The molecule has 0 aromatic heterocycles. The van der Waals surface area contributed by atoms with Crippen LogP contribution in [0.3, 0.4) is 0 Å². The zero-order chi connectivity index (χ0) is 14.5. The normalized spacial score (nSPS) is 16.3. The highest BCUT2D eigenvalue weighted by Gasteiger charge is 2.06. The van der Waals surface area contributed by atoms with E-state index in [9.17, 15) is 0 Å². The van der Waals surface area contributed by atoms with Crippen molar-refractivity contribution in [2.45, 2.75) is 57.7 Å². The minimum atomic E-state index is 0.280. The molecule has 0 saturated heterocycles. The standard InChI is InChI=1S/C14H35N5/c1-12(15)6-9-18-8-4-5-14(11-17-3)19-10-7-13(2)16/h12-14,17-19H,4-11,15-16H2,1-3H3. The van der Waals surface area contributed by atoms with Gasteiger partial charge in [0.05, 0.1) is 0 Å². The average molecular weight is 273 g/mol. The summed E-state index contributed by atoms with van der Waals surface area (Å²) in [6, 6.07) is 1.12. The Morgan fingerprint density at radius 2 is 1.53 bits per heavy atom. The molecule has 5 nitrogen and oxygen atoms in total. The fourth-order valence-corrected chi connectivity index (χ4v) is 1.97. The Kier molecular flexibility index (Phi) is 12.7. The molecule has 0 aromatic carbocycles. The van der Waals surface area contributed by atoms with E-state index >= 15 is 0 Å². The summed E-state index contributed by atoms with van der Waals surface area (Å²) >= 11 is 0. The smallest absolute Gasteiger partial charge is 0.0192 e. The van der Waals surface area contributed by atoms with E-state index in [1.807, 2.05) is 14.0 Å². The minimum Gasteiger partial charge on any atom is -0.328 e. The second-order valence-electron chi connectivity index (χ2n) is 5.63. The highest BCUT2D eigenvalue weighted by molar-refractivity contribution is 4.70. The third kappa shape index (κ3) is 14.0. The van der Waals surface area contributed by atoms with Gasteiger partial charge in [-0.1, -0.05) is 0 Å². The molecule has 0 aliphatic rings. The summed E-state index contributed by atoms with van der Waals surface area (Å²) < 4.78 is 0. The van der Waals surface area contributed by atoms with Crippen LogP contribution in [0.15, 0.2) is 0 Å². The number of likely N-dealkylation sites (N-methyl/N-ethyl adjacent to an activating group) is 1. The predicted octanol–water partition coefficient (Wildman–Crippen LogP) is 0.00840. The first-order valence-electron chi connectivity index (χ1n) is 7.66. The van der Waals surface area contributed by atoms with Crippen LogP contribution in [-0.4, -0.2) is 51.4 Å². The van der Waals surface area contributed by atoms with Gasteiger partial charge < -0.3 is 27.4 Å². The van der Waals surface area contributed by atoms with Gasteiger partial charge in [0.1, 0.15) is 0 Å². The Labute approximate surface area is 119 Å². The highest BCUT2D eigenvalue weighted by atomic mass is 15.0. The van der Waals surface area contributed by atoms with Crippen LogP contribution in [0.5, 0.6) is 0 Å². The summed E-state index contributed by atoms with van der Waals surface area (Å²) in [5.41, 5.74) is 11.5. The van der Waals surface area contributed by atoms with Crippen molar-refractivity contribution in [3.63, 3.8) is 0 Å². The van der Waals surface area contributed by atoms with Crippen molar-refractivity contribution in [2.75, 3.05) is 33.2 Å². The maximum atomic E-state index is 5.76. The van der Waals surface area contributed by atoms with Crippen LogP contribution in [0.4, 0.5) is 0 Å². The lowest BCUT2D eigenvalue weighted by Gasteiger charge is -2.19. The van der Waals surface area contributed by atoms with Crippen molar-refractivity contribution in [3.8, 4) is 0 Å². The molecular formula is C14H35N5. The molecule has 19 heavy (non-hydrogen) atoms. The first kappa shape index (κ1) is 18.8. The molecule has 0 rings (SSSR count). The predicted molar refractivity (Wildman–Crippen MR) is 84.4 cm³/mol. The van der Waals surface area contributed by atoms with Gasteiger partial charge in [0, 0.05) is 24.7 Å². The van der Waals surface area contributed by atoms with Gasteiger partial charge in [-0.25, -0.2) is 0 Å².